The Morgan fingerprint density at radius 3 is 2.42 bits per heavy atom. The van der Waals surface area contributed by atoms with Crippen molar-refractivity contribution in [2.75, 3.05) is 20.1 Å². The lowest BCUT2D eigenvalue weighted by Crippen LogP contribution is -2.47. The van der Waals surface area contributed by atoms with Crippen LogP contribution in [0.4, 0.5) is 0 Å². The predicted molar refractivity (Wildman–Crippen MR) is 48.7 cm³/mol. The molecule has 0 unspecified atom stereocenters. The molecule has 1 heterocycles. The minimum Gasteiger partial charge on any atom is -0.324 e. The zero-order chi connectivity index (χ0) is 9.35. The van der Waals surface area contributed by atoms with Crippen LogP contribution in [0, 0.1) is 0 Å². The molecule has 0 bridgehead atoms. The second kappa shape index (κ2) is 3.05. The Morgan fingerprint density at radius 2 is 2.08 bits per heavy atom. The van der Waals surface area contributed by atoms with E-state index in [0.717, 1.165) is 13.0 Å². The largest absolute Gasteiger partial charge is 0.324 e. The summed E-state index contributed by atoms with van der Waals surface area (Å²) in [5.74, 6) is 0.254. The van der Waals surface area contributed by atoms with E-state index in [4.69, 9.17) is 0 Å². The van der Waals surface area contributed by atoms with Gasteiger partial charge < -0.3 is 4.90 Å². The molecular formula is C9H18N2O. The maximum Gasteiger partial charge on any atom is 0.238 e. The minimum absolute atomic E-state index is 0.0902. The summed E-state index contributed by atoms with van der Waals surface area (Å²) in [4.78, 5) is 15.5. The fraction of sp³-hybridized carbons (Fsp3) is 0.889. The fourth-order valence-electron chi connectivity index (χ4n) is 1.61. The zero-order valence-electron chi connectivity index (χ0n) is 8.42. The SMILES string of the molecule is CCCN1C(=O)CN(C)C1(C)C. The van der Waals surface area contributed by atoms with Crippen LogP contribution < -0.4 is 0 Å². The first-order chi connectivity index (χ1) is 5.50. The Balaban J connectivity index is 2.76. The van der Waals surface area contributed by atoms with Gasteiger partial charge in [0.15, 0.2) is 0 Å². The summed E-state index contributed by atoms with van der Waals surface area (Å²) in [6, 6.07) is 0. The van der Waals surface area contributed by atoms with Crippen molar-refractivity contribution >= 4 is 5.91 Å². The molecule has 1 saturated heterocycles. The Bertz CT molecular complexity index is 189. The molecule has 70 valence electrons. The van der Waals surface area contributed by atoms with E-state index in [0.29, 0.717) is 6.54 Å². The smallest absolute Gasteiger partial charge is 0.238 e. The van der Waals surface area contributed by atoms with Crippen LogP contribution >= 0.6 is 0 Å². The van der Waals surface area contributed by atoms with Crippen molar-refractivity contribution in [3.8, 4) is 0 Å². The van der Waals surface area contributed by atoms with Gasteiger partial charge in [-0.3, -0.25) is 9.69 Å². The molecule has 1 amide bonds. The van der Waals surface area contributed by atoms with Crippen molar-refractivity contribution < 1.29 is 4.79 Å². The molecule has 0 atom stereocenters. The molecule has 0 N–H and O–H groups in total. The van der Waals surface area contributed by atoms with E-state index in [1.165, 1.54) is 0 Å². The Labute approximate surface area is 74.3 Å². The van der Waals surface area contributed by atoms with E-state index in [2.05, 4.69) is 25.7 Å². The van der Waals surface area contributed by atoms with Crippen LogP contribution in [0.5, 0.6) is 0 Å². The van der Waals surface area contributed by atoms with Gasteiger partial charge in [-0.1, -0.05) is 6.92 Å². The van der Waals surface area contributed by atoms with Gasteiger partial charge in [-0.2, -0.15) is 0 Å². The second-order valence-electron chi connectivity index (χ2n) is 3.90. The average molecular weight is 170 g/mol. The van der Waals surface area contributed by atoms with Gasteiger partial charge in [-0.25, -0.2) is 0 Å². The number of nitrogens with zero attached hydrogens (tertiary/aromatic N) is 2. The Kier molecular flexibility index (Phi) is 2.42. The molecule has 0 aromatic rings. The molecule has 0 aromatic carbocycles. The van der Waals surface area contributed by atoms with Crippen LogP contribution in [0.25, 0.3) is 0 Å². The number of carbonyl (C=O) groups is 1. The standard InChI is InChI=1S/C9H18N2O/c1-5-6-11-8(12)7-10(4)9(11,2)3/h5-7H2,1-4H3. The molecule has 0 aliphatic carbocycles. The molecule has 3 nitrogen and oxygen atoms in total. The van der Waals surface area contributed by atoms with Crippen molar-refractivity contribution in [2.45, 2.75) is 32.9 Å². The van der Waals surface area contributed by atoms with Crippen molar-refractivity contribution in [1.29, 1.82) is 0 Å². The van der Waals surface area contributed by atoms with E-state index in [1.807, 2.05) is 11.9 Å². The fourth-order valence-corrected chi connectivity index (χ4v) is 1.61. The summed E-state index contributed by atoms with van der Waals surface area (Å²) in [5, 5.41) is 0. The van der Waals surface area contributed by atoms with E-state index in [1.54, 1.807) is 0 Å². The van der Waals surface area contributed by atoms with Crippen LogP contribution in [0.15, 0.2) is 0 Å². The molecular weight excluding hydrogens is 152 g/mol. The van der Waals surface area contributed by atoms with E-state index >= 15 is 0 Å². The second-order valence-corrected chi connectivity index (χ2v) is 3.90. The molecule has 1 aliphatic rings. The summed E-state index contributed by atoms with van der Waals surface area (Å²) in [6.07, 6.45) is 1.03. The highest BCUT2D eigenvalue weighted by molar-refractivity contribution is 5.81. The Morgan fingerprint density at radius 1 is 1.50 bits per heavy atom. The topological polar surface area (TPSA) is 23.6 Å². The molecule has 12 heavy (non-hydrogen) atoms. The zero-order valence-corrected chi connectivity index (χ0v) is 8.42. The summed E-state index contributed by atoms with van der Waals surface area (Å²) < 4.78 is 0. The van der Waals surface area contributed by atoms with Gasteiger partial charge in [0, 0.05) is 6.54 Å². The normalized spacial score (nSPS) is 23.7. The van der Waals surface area contributed by atoms with Crippen molar-refractivity contribution in [2.24, 2.45) is 0 Å². The molecule has 0 saturated carbocycles. The molecule has 0 aromatic heterocycles. The summed E-state index contributed by atoms with van der Waals surface area (Å²) in [5.41, 5.74) is -0.0902. The van der Waals surface area contributed by atoms with Crippen LogP contribution in [0.2, 0.25) is 0 Å². The summed E-state index contributed by atoms with van der Waals surface area (Å²) >= 11 is 0. The molecule has 0 radical (unpaired) electrons. The molecule has 1 aliphatic heterocycles. The number of amides is 1. The molecule has 3 heteroatoms. The monoisotopic (exact) mass is 170 g/mol. The average Bonchev–Trinajstić information content (AvgIpc) is 2.14. The van der Waals surface area contributed by atoms with Crippen molar-refractivity contribution in [3.05, 3.63) is 0 Å². The number of likely N-dealkylation sites (N-methyl/N-ethyl adjacent to an activating group) is 1. The van der Waals surface area contributed by atoms with Crippen LogP contribution in [0.1, 0.15) is 27.2 Å². The van der Waals surface area contributed by atoms with Gasteiger partial charge in [0.1, 0.15) is 0 Å². The highest BCUT2D eigenvalue weighted by Crippen LogP contribution is 2.24. The van der Waals surface area contributed by atoms with Crippen LogP contribution in [-0.2, 0) is 4.79 Å². The maximum absolute atomic E-state index is 11.5. The lowest BCUT2D eigenvalue weighted by atomic mass is 10.2. The maximum atomic E-state index is 11.5. The van der Waals surface area contributed by atoms with E-state index < -0.39 is 0 Å². The quantitative estimate of drug-likeness (QED) is 0.615. The number of carbonyl (C=O) groups excluding carboxylic acids is 1. The van der Waals surface area contributed by atoms with Gasteiger partial charge in [0.05, 0.1) is 12.2 Å². The highest BCUT2D eigenvalue weighted by Gasteiger charge is 2.41. The van der Waals surface area contributed by atoms with E-state index in [9.17, 15) is 4.79 Å². The molecule has 0 spiro atoms. The lowest BCUT2D eigenvalue weighted by Gasteiger charge is -2.35. The predicted octanol–water partition coefficient (Wildman–Crippen LogP) is 0.906. The van der Waals surface area contributed by atoms with Gasteiger partial charge in [-0.05, 0) is 27.3 Å². The Hall–Kier alpha value is -0.570. The van der Waals surface area contributed by atoms with Gasteiger partial charge in [-0.15, -0.1) is 0 Å². The van der Waals surface area contributed by atoms with Gasteiger partial charge >= 0.3 is 0 Å². The first-order valence-corrected chi connectivity index (χ1v) is 4.52. The minimum atomic E-state index is -0.0902. The summed E-state index contributed by atoms with van der Waals surface area (Å²) in [6.45, 7) is 7.71. The third-order valence-electron chi connectivity index (χ3n) is 2.72. The van der Waals surface area contributed by atoms with Gasteiger partial charge in [0.2, 0.25) is 5.91 Å². The molecule has 1 rings (SSSR count). The highest BCUT2D eigenvalue weighted by atomic mass is 16.2. The third kappa shape index (κ3) is 1.33. The van der Waals surface area contributed by atoms with E-state index in [-0.39, 0.29) is 11.6 Å². The summed E-state index contributed by atoms with van der Waals surface area (Å²) in [7, 11) is 1.99. The lowest BCUT2D eigenvalue weighted by molar-refractivity contribution is -0.129. The first kappa shape index (κ1) is 9.52. The number of hydrogen-bond acceptors (Lipinski definition) is 2. The van der Waals surface area contributed by atoms with Gasteiger partial charge in [0.25, 0.3) is 0 Å². The van der Waals surface area contributed by atoms with Crippen molar-refractivity contribution in [1.82, 2.24) is 9.80 Å². The van der Waals surface area contributed by atoms with Crippen LogP contribution in [-0.4, -0.2) is 41.5 Å². The first-order valence-electron chi connectivity index (χ1n) is 4.52. The number of rotatable bonds is 2. The number of hydrogen-bond donors (Lipinski definition) is 0. The third-order valence-corrected chi connectivity index (χ3v) is 2.72. The van der Waals surface area contributed by atoms with Crippen LogP contribution in [0.3, 0.4) is 0 Å². The molecule has 1 fully saturated rings. The van der Waals surface area contributed by atoms with Crippen molar-refractivity contribution in [3.63, 3.8) is 0 Å².